The second-order valence-electron chi connectivity index (χ2n) is 14.9. The molecule has 11 heteroatoms. The third-order valence-corrected chi connectivity index (χ3v) is 12.2. The highest BCUT2D eigenvalue weighted by molar-refractivity contribution is 6.74. The summed E-state index contributed by atoms with van der Waals surface area (Å²) in [5, 5.41) is 2.82. The molecule has 0 saturated carbocycles. The van der Waals surface area contributed by atoms with E-state index in [2.05, 4.69) is 44.2 Å². The first-order chi connectivity index (χ1) is 20.2. The van der Waals surface area contributed by atoms with E-state index < -0.39 is 31.7 Å². The third kappa shape index (κ3) is 12.8. The number of nitrogens with zero attached hydrogens (tertiary/aromatic N) is 2. The lowest BCUT2D eigenvalue weighted by atomic mass is 10.0. The summed E-state index contributed by atoms with van der Waals surface area (Å²) in [6, 6.07) is 7.43. The fraction of sp³-hybridized carbons (Fsp3) is 0.727. The number of methoxy groups -OCH3 is 1. The van der Waals surface area contributed by atoms with Crippen LogP contribution in [0.15, 0.2) is 29.3 Å². The van der Waals surface area contributed by atoms with E-state index in [4.69, 9.17) is 23.4 Å². The standard InChI is InChI=1S/C33H57N3O7Si/c1-31(2,3)42-29(37)35-28-34-22-25(36(28)30(38)43-32(4,5)6)21-27(40-23-24-16-18-26(39-10)19-17-24)15-13-14-20-41-44(11,12)33(7,8)9/h16-19,25,27H,13-15,20-23H2,1-12H3,(H,34,35,37)/t25-,27-/m1/s1. The van der Waals surface area contributed by atoms with Crippen molar-refractivity contribution in [2.45, 2.75) is 136 Å². The fourth-order valence-corrected chi connectivity index (χ4v) is 5.36. The number of unbranched alkanes of at least 4 members (excludes halogenated alkanes) is 1. The molecule has 10 nitrogen and oxygen atoms in total. The number of carbonyl (C=O) groups is 2. The van der Waals surface area contributed by atoms with E-state index in [0.29, 0.717) is 26.2 Å². The first-order valence-corrected chi connectivity index (χ1v) is 18.6. The lowest BCUT2D eigenvalue weighted by Crippen LogP contribution is -2.51. The molecular formula is C33H57N3O7Si. The number of guanidine groups is 1. The maximum Gasteiger partial charge on any atom is 0.417 e. The zero-order chi connectivity index (χ0) is 33.3. The molecule has 0 saturated heterocycles. The molecule has 0 unspecified atom stereocenters. The van der Waals surface area contributed by atoms with Gasteiger partial charge in [0.2, 0.25) is 5.96 Å². The van der Waals surface area contributed by atoms with Crippen LogP contribution in [0.2, 0.25) is 18.1 Å². The summed E-state index contributed by atoms with van der Waals surface area (Å²) in [5.74, 6) is 0.906. The summed E-state index contributed by atoms with van der Waals surface area (Å²) in [4.78, 5) is 32.0. The minimum absolute atomic E-state index is 0.121. The van der Waals surface area contributed by atoms with E-state index in [1.165, 1.54) is 4.90 Å². The van der Waals surface area contributed by atoms with Gasteiger partial charge in [-0.2, -0.15) is 0 Å². The van der Waals surface area contributed by atoms with Gasteiger partial charge in [-0.1, -0.05) is 32.9 Å². The van der Waals surface area contributed by atoms with E-state index in [0.717, 1.165) is 30.6 Å². The van der Waals surface area contributed by atoms with Crippen molar-refractivity contribution in [1.82, 2.24) is 10.2 Å². The molecule has 0 aromatic heterocycles. The van der Waals surface area contributed by atoms with Crippen LogP contribution in [0.5, 0.6) is 5.75 Å². The number of hydrogen-bond donors (Lipinski definition) is 1. The van der Waals surface area contributed by atoms with E-state index in [-0.39, 0.29) is 23.1 Å². The van der Waals surface area contributed by atoms with Gasteiger partial charge in [0.15, 0.2) is 8.32 Å². The van der Waals surface area contributed by atoms with Gasteiger partial charge in [0, 0.05) is 6.61 Å². The normalized spacial score (nSPS) is 16.8. The molecule has 44 heavy (non-hydrogen) atoms. The first-order valence-electron chi connectivity index (χ1n) is 15.7. The van der Waals surface area contributed by atoms with Gasteiger partial charge >= 0.3 is 12.2 Å². The molecule has 1 aliphatic rings. The van der Waals surface area contributed by atoms with Crippen LogP contribution in [-0.2, 0) is 25.2 Å². The molecular weight excluding hydrogens is 578 g/mol. The van der Waals surface area contributed by atoms with Gasteiger partial charge in [-0.15, -0.1) is 0 Å². The van der Waals surface area contributed by atoms with Crippen molar-refractivity contribution in [1.29, 1.82) is 0 Å². The molecule has 0 fully saturated rings. The predicted molar refractivity (Wildman–Crippen MR) is 177 cm³/mol. The van der Waals surface area contributed by atoms with Gasteiger partial charge in [0.1, 0.15) is 17.0 Å². The van der Waals surface area contributed by atoms with E-state index in [1.807, 2.05) is 24.3 Å². The van der Waals surface area contributed by atoms with Crippen LogP contribution in [0.4, 0.5) is 9.59 Å². The molecule has 1 aromatic rings. The molecule has 1 aliphatic heterocycles. The molecule has 2 amide bonds. The Kier molecular flexibility index (Phi) is 13.3. The summed E-state index contributed by atoms with van der Waals surface area (Å²) in [5.41, 5.74) is -0.403. The molecule has 1 heterocycles. The average molecular weight is 636 g/mol. The summed E-state index contributed by atoms with van der Waals surface area (Å²) in [7, 11) is -0.175. The smallest absolute Gasteiger partial charge is 0.417 e. The number of alkyl carbamates (subject to hydrolysis) is 1. The topological polar surface area (TPSA) is 108 Å². The van der Waals surface area contributed by atoms with Crippen LogP contribution < -0.4 is 10.1 Å². The van der Waals surface area contributed by atoms with Gasteiger partial charge in [-0.25, -0.2) is 14.5 Å². The molecule has 0 aliphatic carbocycles. The summed E-state index contributed by atoms with van der Waals surface area (Å²) in [6.07, 6.45) is 1.69. The highest BCUT2D eigenvalue weighted by Gasteiger charge is 2.39. The van der Waals surface area contributed by atoms with Crippen LogP contribution >= 0.6 is 0 Å². The SMILES string of the molecule is COc1ccc(CO[C@H](CCCCO[Si](C)(C)C(C)(C)C)C[C@@H]2CN=C(NC(=O)OC(C)(C)C)N2C(=O)OC(C)(C)C)cc1. The fourth-order valence-electron chi connectivity index (χ4n) is 4.27. The zero-order valence-corrected chi connectivity index (χ0v) is 30.2. The van der Waals surface area contributed by atoms with Crippen LogP contribution in [0.1, 0.15) is 93.6 Å². The second-order valence-corrected chi connectivity index (χ2v) is 19.7. The Morgan fingerprint density at radius 2 is 1.59 bits per heavy atom. The van der Waals surface area contributed by atoms with Gasteiger partial charge in [0.05, 0.1) is 32.4 Å². The molecule has 0 radical (unpaired) electrons. The average Bonchev–Trinajstić information content (AvgIpc) is 3.25. The second kappa shape index (κ2) is 15.6. The lowest BCUT2D eigenvalue weighted by Gasteiger charge is -2.36. The minimum Gasteiger partial charge on any atom is -0.497 e. The molecule has 0 spiro atoms. The maximum atomic E-state index is 13.4. The number of carbonyl (C=O) groups excluding carboxylic acids is 2. The van der Waals surface area contributed by atoms with Gasteiger partial charge < -0.3 is 23.4 Å². The number of benzene rings is 1. The number of nitrogens with one attached hydrogen (secondary N) is 1. The van der Waals surface area contributed by atoms with Crippen molar-refractivity contribution in [3.63, 3.8) is 0 Å². The van der Waals surface area contributed by atoms with Crippen molar-refractivity contribution in [2.75, 3.05) is 20.3 Å². The monoisotopic (exact) mass is 635 g/mol. The van der Waals surface area contributed by atoms with Gasteiger partial charge in [-0.3, -0.25) is 10.3 Å². The molecule has 250 valence electrons. The number of ether oxygens (including phenoxy) is 4. The Labute approximate surface area is 266 Å². The van der Waals surface area contributed by atoms with E-state index >= 15 is 0 Å². The van der Waals surface area contributed by atoms with Crippen molar-refractivity contribution in [3.8, 4) is 5.75 Å². The number of rotatable bonds is 12. The number of hydrogen-bond acceptors (Lipinski definition) is 8. The Bertz CT molecular complexity index is 1100. The Morgan fingerprint density at radius 3 is 2.14 bits per heavy atom. The highest BCUT2D eigenvalue weighted by Crippen LogP contribution is 2.36. The molecule has 1 N–H and O–H groups in total. The zero-order valence-electron chi connectivity index (χ0n) is 29.2. The summed E-state index contributed by atoms with van der Waals surface area (Å²) in [6.45, 7) is 23.4. The van der Waals surface area contributed by atoms with Crippen molar-refractivity contribution >= 4 is 26.5 Å². The molecule has 2 atom stereocenters. The van der Waals surface area contributed by atoms with E-state index in [1.54, 1.807) is 48.7 Å². The van der Waals surface area contributed by atoms with E-state index in [9.17, 15) is 9.59 Å². The van der Waals surface area contributed by atoms with Gasteiger partial charge in [-0.05, 0) is 103 Å². The third-order valence-electron chi connectivity index (χ3n) is 7.62. The first kappa shape index (κ1) is 37.6. The van der Waals surface area contributed by atoms with Crippen LogP contribution in [0.3, 0.4) is 0 Å². The quantitative estimate of drug-likeness (QED) is 0.186. The summed E-state index contributed by atoms with van der Waals surface area (Å²) >= 11 is 0. The lowest BCUT2D eigenvalue weighted by molar-refractivity contribution is 0.00623. The minimum atomic E-state index is -1.82. The Morgan fingerprint density at radius 1 is 0.977 bits per heavy atom. The van der Waals surface area contributed by atoms with Crippen LogP contribution in [0, 0.1) is 0 Å². The summed E-state index contributed by atoms with van der Waals surface area (Å²) < 4.78 is 29.3. The van der Waals surface area contributed by atoms with Crippen molar-refractivity contribution < 1.29 is 33.0 Å². The molecule has 1 aromatic carbocycles. The predicted octanol–water partition coefficient (Wildman–Crippen LogP) is 7.66. The molecule has 2 rings (SSSR count). The van der Waals surface area contributed by atoms with Crippen LogP contribution in [0.25, 0.3) is 0 Å². The maximum absolute atomic E-state index is 13.4. The number of amides is 2. The Balaban J connectivity index is 2.17. The largest absolute Gasteiger partial charge is 0.497 e. The highest BCUT2D eigenvalue weighted by atomic mass is 28.4. The van der Waals surface area contributed by atoms with Gasteiger partial charge in [0.25, 0.3) is 0 Å². The number of aliphatic imine (C=N–C) groups is 1. The van der Waals surface area contributed by atoms with Crippen LogP contribution in [-0.4, -0.2) is 75.0 Å². The molecule has 0 bridgehead atoms. The Hall–Kier alpha value is -2.63. The van der Waals surface area contributed by atoms with Crippen molar-refractivity contribution in [3.05, 3.63) is 29.8 Å². The van der Waals surface area contributed by atoms with Crippen molar-refractivity contribution in [2.24, 2.45) is 4.99 Å².